The summed E-state index contributed by atoms with van der Waals surface area (Å²) in [6.45, 7) is 12.4. The van der Waals surface area contributed by atoms with Crippen LogP contribution in [0.5, 0.6) is 0 Å². The Kier molecular flexibility index (Phi) is 9.06. The molecule has 4 heterocycles. The molecule has 5 rings (SSSR count). The lowest BCUT2D eigenvalue weighted by atomic mass is 9.71. The van der Waals surface area contributed by atoms with Gasteiger partial charge in [-0.1, -0.05) is 64.2 Å². The molecule has 1 unspecified atom stereocenters. The van der Waals surface area contributed by atoms with Gasteiger partial charge in [0.05, 0.1) is 24.9 Å². The first-order chi connectivity index (χ1) is 19.9. The molecule has 0 radical (unpaired) electrons. The molecule has 2 saturated heterocycles. The van der Waals surface area contributed by atoms with Gasteiger partial charge in [-0.3, -0.25) is 4.79 Å². The van der Waals surface area contributed by atoms with Crippen molar-refractivity contribution in [2.24, 2.45) is 23.7 Å². The van der Waals surface area contributed by atoms with Crippen molar-refractivity contribution in [1.82, 2.24) is 0 Å². The van der Waals surface area contributed by atoms with Crippen molar-refractivity contribution in [2.75, 3.05) is 13.7 Å². The maximum Gasteiger partial charge on any atom is 0.316 e. The molecule has 42 heavy (non-hydrogen) atoms. The molecule has 8 heteroatoms. The molecule has 0 saturated carbocycles. The van der Waals surface area contributed by atoms with E-state index in [-0.39, 0.29) is 42.7 Å². The van der Waals surface area contributed by atoms with E-state index < -0.39 is 41.6 Å². The SMILES string of the molecule is COC1/C(C)=C/C[C@@H]2C[C@@H](C[C@]3(C=C[C@H](C)[C@@H](C(C)C)O3)O2)OC(=O)[C@@H]2C=C(C)[C@@H](O)[C@H]3OC/C(=C\C=C\[C@@H]1C)[C@]32O. The summed E-state index contributed by atoms with van der Waals surface area (Å²) in [6, 6.07) is 0. The molecule has 2 bridgehead atoms. The summed E-state index contributed by atoms with van der Waals surface area (Å²) >= 11 is 0. The largest absolute Gasteiger partial charge is 0.462 e. The van der Waals surface area contributed by atoms with Crippen LogP contribution in [0.2, 0.25) is 0 Å². The van der Waals surface area contributed by atoms with Crippen molar-refractivity contribution >= 4 is 5.97 Å². The number of aliphatic hydroxyl groups excluding tert-OH is 1. The number of hydrogen-bond donors (Lipinski definition) is 2. The van der Waals surface area contributed by atoms with Crippen LogP contribution in [0.4, 0.5) is 0 Å². The van der Waals surface area contributed by atoms with Gasteiger partial charge in [-0.2, -0.15) is 0 Å². The summed E-state index contributed by atoms with van der Waals surface area (Å²) in [5.74, 6) is -2.06. The van der Waals surface area contributed by atoms with Crippen LogP contribution in [0.3, 0.4) is 0 Å². The highest BCUT2D eigenvalue weighted by Gasteiger charge is 2.60. The van der Waals surface area contributed by atoms with E-state index in [1.165, 1.54) is 0 Å². The standard InChI is InChI=1S/C34H48O8/c1-19(2)29-22(5)13-14-33(42-29)17-26-16-25(41-33)12-11-21(4)30(38-7)20(3)9-8-10-24-18-39-31-28(35)23(6)15-27(32(36)40-26)34(24,31)37/h8-11,13-15,19-20,22,25-31,35,37H,12,16-18H2,1-7H3/b9-8+,21-11+,24-10+/t20-,22-,25+,26-,27-,28+,29+,30?,31+,33+,34+/m0/s1. The van der Waals surface area contributed by atoms with Gasteiger partial charge in [0, 0.05) is 31.8 Å². The average Bonchev–Trinajstić information content (AvgIpc) is 3.27. The molecule has 0 amide bonds. The third-order valence-electron chi connectivity index (χ3n) is 9.72. The number of rotatable bonds is 2. The Balaban J connectivity index is 1.56. The zero-order valence-electron chi connectivity index (χ0n) is 26.0. The number of allylic oxidation sites excluding steroid dienone is 2. The Morgan fingerprint density at radius 1 is 1.07 bits per heavy atom. The summed E-state index contributed by atoms with van der Waals surface area (Å²) in [4.78, 5) is 14.0. The van der Waals surface area contributed by atoms with E-state index >= 15 is 0 Å². The van der Waals surface area contributed by atoms with Crippen molar-refractivity contribution in [3.05, 3.63) is 59.3 Å². The number of ether oxygens (including phenoxy) is 5. The van der Waals surface area contributed by atoms with E-state index in [0.29, 0.717) is 30.4 Å². The van der Waals surface area contributed by atoms with E-state index in [4.69, 9.17) is 23.7 Å². The van der Waals surface area contributed by atoms with Gasteiger partial charge < -0.3 is 33.9 Å². The molecule has 8 nitrogen and oxygen atoms in total. The van der Waals surface area contributed by atoms with Crippen LogP contribution in [-0.4, -0.2) is 77.9 Å². The topological polar surface area (TPSA) is 104 Å². The zero-order valence-corrected chi connectivity index (χ0v) is 26.0. The van der Waals surface area contributed by atoms with Crippen LogP contribution >= 0.6 is 0 Å². The summed E-state index contributed by atoms with van der Waals surface area (Å²) in [5, 5.41) is 23.0. The van der Waals surface area contributed by atoms with Gasteiger partial charge in [0.15, 0.2) is 5.79 Å². The van der Waals surface area contributed by atoms with Crippen molar-refractivity contribution in [1.29, 1.82) is 0 Å². The molecule has 1 aliphatic carbocycles. The summed E-state index contributed by atoms with van der Waals surface area (Å²) in [6.07, 6.45) is 12.1. The highest BCUT2D eigenvalue weighted by atomic mass is 16.7. The number of aliphatic hydroxyl groups is 2. The van der Waals surface area contributed by atoms with Crippen LogP contribution in [0.25, 0.3) is 0 Å². The fraction of sp³-hybridized carbons (Fsp3) is 0.676. The third kappa shape index (κ3) is 5.74. The van der Waals surface area contributed by atoms with E-state index in [9.17, 15) is 15.0 Å². The van der Waals surface area contributed by atoms with Gasteiger partial charge in [-0.25, -0.2) is 0 Å². The first kappa shape index (κ1) is 31.4. The lowest BCUT2D eigenvalue weighted by Crippen LogP contribution is -2.58. The third-order valence-corrected chi connectivity index (χ3v) is 9.72. The fourth-order valence-electron chi connectivity index (χ4n) is 7.42. The molecule has 0 aromatic carbocycles. The molecule has 4 aliphatic heterocycles. The molecule has 0 aromatic rings. The van der Waals surface area contributed by atoms with Crippen LogP contribution in [0.1, 0.15) is 60.8 Å². The number of carbonyl (C=O) groups is 1. The van der Waals surface area contributed by atoms with Gasteiger partial charge in [0.25, 0.3) is 0 Å². The summed E-state index contributed by atoms with van der Waals surface area (Å²) in [7, 11) is 1.71. The lowest BCUT2D eigenvalue weighted by Gasteiger charge is -2.48. The average molecular weight is 585 g/mol. The Labute approximate surface area is 250 Å². The smallest absolute Gasteiger partial charge is 0.316 e. The minimum atomic E-state index is -1.74. The van der Waals surface area contributed by atoms with Crippen molar-refractivity contribution in [2.45, 2.75) is 109 Å². The number of carbonyl (C=O) groups excluding carboxylic acids is 1. The van der Waals surface area contributed by atoms with Crippen molar-refractivity contribution in [3.63, 3.8) is 0 Å². The summed E-state index contributed by atoms with van der Waals surface area (Å²) in [5.41, 5.74) is 0.448. The maximum absolute atomic E-state index is 14.0. The minimum Gasteiger partial charge on any atom is -0.462 e. The van der Waals surface area contributed by atoms with E-state index in [1.807, 2.05) is 18.2 Å². The highest BCUT2D eigenvalue weighted by Crippen LogP contribution is 2.46. The molecule has 0 aromatic heterocycles. The van der Waals surface area contributed by atoms with Crippen LogP contribution in [0, 0.1) is 23.7 Å². The number of fused-ring (bicyclic) bond motifs is 2. The quantitative estimate of drug-likeness (QED) is 0.360. The first-order valence-electron chi connectivity index (χ1n) is 15.4. The summed E-state index contributed by atoms with van der Waals surface area (Å²) < 4.78 is 31.4. The molecule has 2 fully saturated rings. The second-order valence-corrected chi connectivity index (χ2v) is 13.3. The van der Waals surface area contributed by atoms with E-state index in [1.54, 1.807) is 26.2 Å². The fourth-order valence-corrected chi connectivity index (χ4v) is 7.42. The molecular formula is C34H48O8. The molecule has 232 valence electrons. The second-order valence-electron chi connectivity index (χ2n) is 13.3. The number of esters is 1. The number of hydrogen-bond acceptors (Lipinski definition) is 8. The molecule has 11 atom stereocenters. The van der Waals surface area contributed by atoms with Crippen LogP contribution in [0.15, 0.2) is 59.3 Å². The Hall–Kier alpha value is -2.07. The zero-order chi connectivity index (χ0) is 30.4. The lowest BCUT2D eigenvalue weighted by molar-refractivity contribution is -0.299. The van der Waals surface area contributed by atoms with Crippen LogP contribution in [-0.2, 0) is 28.5 Å². The van der Waals surface area contributed by atoms with Gasteiger partial charge in [-0.15, -0.1) is 0 Å². The molecular weight excluding hydrogens is 536 g/mol. The van der Waals surface area contributed by atoms with E-state index in [2.05, 4.69) is 46.8 Å². The minimum absolute atomic E-state index is 0.0351. The van der Waals surface area contributed by atoms with E-state index in [0.717, 1.165) is 5.57 Å². The Morgan fingerprint density at radius 2 is 1.83 bits per heavy atom. The van der Waals surface area contributed by atoms with Gasteiger partial charge in [-0.05, 0) is 49.0 Å². The molecule has 5 aliphatic rings. The van der Waals surface area contributed by atoms with Gasteiger partial charge in [0.1, 0.15) is 29.8 Å². The maximum atomic E-state index is 14.0. The Morgan fingerprint density at radius 3 is 2.55 bits per heavy atom. The normalized spacial score (nSPS) is 47.6. The first-order valence-corrected chi connectivity index (χ1v) is 15.4. The molecule has 2 N–H and O–H groups in total. The highest BCUT2D eigenvalue weighted by molar-refractivity contribution is 5.78. The predicted molar refractivity (Wildman–Crippen MR) is 158 cm³/mol. The van der Waals surface area contributed by atoms with Gasteiger partial charge >= 0.3 is 5.97 Å². The van der Waals surface area contributed by atoms with Crippen molar-refractivity contribution in [3.8, 4) is 0 Å². The van der Waals surface area contributed by atoms with Crippen LogP contribution < -0.4 is 0 Å². The monoisotopic (exact) mass is 584 g/mol. The van der Waals surface area contributed by atoms with Gasteiger partial charge in [0.2, 0.25) is 0 Å². The predicted octanol–water partition coefficient (Wildman–Crippen LogP) is 4.57. The van der Waals surface area contributed by atoms with Crippen molar-refractivity contribution < 1.29 is 38.7 Å². The molecule has 1 spiro atoms. The number of methoxy groups -OCH3 is 1. The Bertz CT molecular complexity index is 1180. The second kappa shape index (κ2) is 12.1.